The Morgan fingerprint density at radius 2 is 1.64 bits per heavy atom. The van der Waals surface area contributed by atoms with E-state index in [9.17, 15) is 0 Å². The smallest absolute Gasteiger partial charge is 0.423 e. The van der Waals surface area contributed by atoms with Crippen LogP contribution >= 0.6 is 0 Å². The summed E-state index contributed by atoms with van der Waals surface area (Å²) in [6.45, 7) is 0. The molecule has 0 bridgehead atoms. The van der Waals surface area contributed by atoms with Gasteiger partial charge in [-0.2, -0.15) is 0 Å². The maximum atomic E-state index is 8.49. The van der Waals surface area contributed by atoms with Gasteiger partial charge in [-0.3, -0.25) is 0 Å². The first kappa shape index (κ1) is 13.5. The van der Waals surface area contributed by atoms with E-state index in [1.54, 1.807) is 12.2 Å². The van der Waals surface area contributed by atoms with Crippen molar-refractivity contribution in [2.24, 2.45) is 0 Å². The van der Waals surface area contributed by atoms with Crippen LogP contribution in [0.2, 0.25) is 0 Å². The van der Waals surface area contributed by atoms with Crippen molar-refractivity contribution in [2.75, 3.05) is 0 Å². The SMILES string of the molecule is C1=CCC=C1.OB(O)C1=CCC=C1.[Fe]. The van der Waals surface area contributed by atoms with Crippen molar-refractivity contribution in [3.63, 3.8) is 0 Å². The molecule has 2 N–H and O–H groups in total. The Bertz CT molecular complexity index is 257. The Balaban J connectivity index is 0.000000246. The van der Waals surface area contributed by atoms with E-state index in [4.69, 9.17) is 10.0 Å². The van der Waals surface area contributed by atoms with Crippen molar-refractivity contribution in [1.29, 1.82) is 0 Å². The quantitative estimate of drug-likeness (QED) is 0.670. The van der Waals surface area contributed by atoms with Gasteiger partial charge >= 0.3 is 7.12 Å². The van der Waals surface area contributed by atoms with Crippen LogP contribution in [-0.2, 0) is 17.1 Å². The van der Waals surface area contributed by atoms with E-state index >= 15 is 0 Å². The maximum absolute atomic E-state index is 8.49. The van der Waals surface area contributed by atoms with Crippen LogP contribution in [0.4, 0.5) is 0 Å². The summed E-state index contributed by atoms with van der Waals surface area (Å²) >= 11 is 0. The van der Waals surface area contributed by atoms with Crippen LogP contribution in [0.5, 0.6) is 0 Å². The summed E-state index contributed by atoms with van der Waals surface area (Å²) in [5.41, 5.74) is 0.602. The van der Waals surface area contributed by atoms with Crippen molar-refractivity contribution >= 4 is 7.12 Å². The third kappa shape index (κ3) is 5.25. The van der Waals surface area contributed by atoms with Crippen LogP contribution in [0.1, 0.15) is 12.8 Å². The molecule has 0 saturated heterocycles. The standard InChI is InChI=1S/C5H7BO2.C5H6.Fe/c7-6(8)5-3-1-2-4-5;1-2-4-5-3-1;/h1,3-4,7-8H,2H2;1-4H,5H2;. The molecule has 2 aliphatic carbocycles. The topological polar surface area (TPSA) is 40.5 Å². The predicted molar refractivity (Wildman–Crippen MR) is 54.9 cm³/mol. The number of allylic oxidation sites excluding steroid dienone is 8. The van der Waals surface area contributed by atoms with E-state index in [-0.39, 0.29) is 17.1 Å². The van der Waals surface area contributed by atoms with Gasteiger partial charge in [-0.05, 0) is 18.3 Å². The van der Waals surface area contributed by atoms with Gasteiger partial charge in [-0.1, -0.05) is 42.5 Å². The summed E-state index contributed by atoms with van der Waals surface area (Å²) in [4.78, 5) is 0. The number of hydrogen-bond acceptors (Lipinski definition) is 2. The van der Waals surface area contributed by atoms with Gasteiger partial charge < -0.3 is 10.0 Å². The summed E-state index contributed by atoms with van der Waals surface area (Å²) in [6, 6.07) is 0. The van der Waals surface area contributed by atoms with Crippen molar-refractivity contribution in [3.05, 3.63) is 48.0 Å². The van der Waals surface area contributed by atoms with Crippen LogP contribution in [0.3, 0.4) is 0 Å². The third-order valence-electron chi connectivity index (χ3n) is 1.75. The van der Waals surface area contributed by atoms with Crippen molar-refractivity contribution < 1.29 is 27.1 Å². The predicted octanol–water partition coefficient (Wildman–Crippen LogP) is 1.38. The van der Waals surface area contributed by atoms with Crippen molar-refractivity contribution in [2.45, 2.75) is 12.8 Å². The minimum absolute atomic E-state index is 0. The molecule has 0 saturated carbocycles. The van der Waals surface area contributed by atoms with E-state index in [1.165, 1.54) is 0 Å². The molecule has 0 aliphatic heterocycles. The van der Waals surface area contributed by atoms with Crippen LogP contribution in [0.25, 0.3) is 0 Å². The molecule has 2 rings (SSSR count). The molecule has 0 aromatic carbocycles. The molecular weight excluding hydrogens is 219 g/mol. The normalized spacial score (nSPS) is 15.7. The molecule has 0 atom stereocenters. The van der Waals surface area contributed by atoms with Gasteiger partial charge in [0.1, 0.15) is 0 Å². The molecule has 14 heavy (non-hydrogen) atoms. The molecule has 2 nitrogen and oxygen atoms in total. The van der Waals surface area contributed by atoms with Gasteiger partial charge in [0.15, 0.2) is 0 Å². The van der Waals surface area contributed by atoms with Gasteiger partial charge in [0, 0.05) is 17.1 Å². The molecule has 2 aliphatic rings. The fraction of sp³-hybridized carbons (Fsp3) is 0.200. The summed E-state index contributed by atoms with van der Waals surface area (Å²) in [7, 11) is -1.28. The monoisotopic (exact) mass is 232 g/mol. The first-order valence-electron chi connectivity index (χ1n) is 4.35. The van der Waals surface area contributed by atoms with Gasteiger partial charge in [0.25, 0.3) is 0 Å². The van der Waals surface area contributed by atoms with E-state index in [0.29, 0.717) is 5.47 Å². The Hall–Kier alpha value is -0.536. The van der Waals surface area contributed by atoms with E-state index in [0.717, 1.165) is 12.8 Å². The first-order valence-corrected chi connectivity index (χ1v) is 4.35. The van der Waals surface area contributed by atoms with Crippen LogP contribution in [-0.4, -0.2) is 17.2 Å². The number of rotatable bonds is 1. The van der Waals surface area contributed by atoms with Crippen LogP contribution in [0, 0.1) is 0 Å². The summed E-state index contributed by atoms with van der Waals surface area (Å²) in [5, 5.41) is 17.0. The average molecular weight is 232 g/mol. The molecule has 0 aromatic heterocycles. The molecule has 0 amide bonds. The van der Waals surface area contributed by atoms with Gasteiger partial charge in [-0.15, -0.1) is 0 Å². The fourth-order valence-electron chi connectivity index (χ4n) is 1.06. The minimum Gasteiger partial charge on any atom is -0.423 e. The largest absolute Gasteiger partial charge is 0.488 e. The second-order valence-electron chi connectivity index (χ2n) is 2.81. The molecule has 0 aromatic rings. The van der Waals surface area contributed by atoms with Crippen molar-refractivity contribution in [3.8, 4) is 0 Å². The second kappa shape index (κ2) is 7.83. The van der Waals surface area contributed by atoms with E-state index in [2.05, 4.69) is 24.3 Å². The van der Waals surface area contributed by atoms with E-state index in [1.807, 2.05) is 6.08 Å². The first-order chi connectivity index (χ1) is 6.30. The zero-order valence-electron chi connectivity index (χ0n) is 7.78. The Morgan fingerprint density at radius 3 is 1.86 bits per heavy atom. The molecule has 4 heteroatoms. The summed E-state index contributed by atoms with van der Waals surface area (Å²) < 4.78 is 0. The minimum atomic E-state index is -1.28. The molecule has 0 radical (unpaired) electrons. The Kier molecular flexibility index (Phi) is 7.53. The molecular formula is C10H13BFeO2. The van der Waals surface area contributed by atoms with E-state index < -0.39 is 7.12 Å². The maximum Gasteiger partial charge on any atom is 0.488 e. The molecule has 0 fully saturated rings. The Labute approximate surface area is 95.3 Å². The third-order valence-corrected chi connectivity index (χ3v) is 1.75. The molecule has 0 heterocycles. The summed E-state index contributed by atoms with van der Waals surface area (Å²) in [5.74, 6) is 0. The van der Waals surface area contributed by atoms with Crippen molar-refractivity contribution in [1.82, 2.24) is 0 Å². The summed E-state index contributed by atoms with van der Waals surface area (Å²) in [6.07, 6.45) is 15.7. The fourth-order valence-corrected chi connectivity index (χ4v) is 1.06. The van der Waals surface area contributed by atoms with Gasteiger partial charge in [0.05, 0.1) is 0 Å². The van der Waals surface area contributed by atoms with Crippen LogP contribution in [0.15, 0.2) is 48.0 Å². The molecule has 76 valence electrons. The van der Waals surface area contributed by atoms with Gasteiger partial charge in [0.2, 0.25) is 0 Å². The number of hydrogen-bond donors (Lipinski definition) is 2. The molecule has 0 unspecified atom stereocenters. The van der Waals surface area contributed by atoms with Gasteiger partial charge in [-0.25, -0.2) is 0 Å². The average Bonchev–Trinajstić information content (AvgIpc) is 2.82. The molecule has 0 spiro atoms. The Morgan fingerprint density at radius 1 is 1.00 bits per heavy atom. The zero-order chi connectivity index (χ0) is 9.52. The van der Waals surface area contributed by atoms with Crippen LogP contribution < -0.4 is 0 Å². The second-order valence-corrected chi connectivity index (χ2v) is 2.81. The zero-order valence-corrected chi connectivity index (χ0v) is 8.89.